The second kappa shape index (κ2) is 6.95. The standard InChI is InChI=1S/C27H30O11/c1-11-19(30)35-17-15(29)25-16-13(28)14(23(2,3)4)24(25)18(34-10-12-8-6-5-7-9-12)20(31)37-22(24)38-27(25,21(32)36-16)26(11,17)33/h5-9,11,13-18,22,28-29,33H,10H2,1-4H3/t11-,13-,14?,15+,16?,17?,18+,22?,24?,25?,26-,27?/m1/s1. The molecule has 2 aliphatic carbocycles. The van der Waals surface area contributed by atoms with Gasteiger partial charge in [-0.1, -0.05) is 51.1 Å². The first-order valence-electron chi connectivity index (χ1n) is 12.9. The van der Waals surface area contributed by atoms with Gasteiger partial charge in [0.15, 0.2) is 17.8 Å². The number of esters is 3. The summed E-state index contributed by atoms with van der Waals surface area (Å²) in [5.74, 6) is -4.79. The summed E-state index contributed by atoms with van der Waals surface area (Å²) in [6, 6.07) is 9.11. The van der Waals surface area contributed by atoms with E-state index in [1.54, 1.807) is 0 Å². The van der Waals surface area contributed by atoms with Crippen LogP contribution in [0, 0.1) is 28.1 Å². The van der Waals surface area contributed by atoms with Gasteiger partial charge in [-0.25, -0.2) is 9.59 Å². The topological polar surface area (TPSA) is 158 Å². The predicted octanol–water partition coefficient (Wildman–Crippen LogP) is -0.174. The summed E-state index contributed by atoms with van der Waals surface area (Å²) in [5, 5.41) is 36.1. The van der Waals surface area contributed by atoms with Crippen LogP contribution in [0.15, 0.2) is 30.3 Å². The van der Waals surface area contributed by atoms with E-state index in [0.717, 1.165) is 5.56 Å². The number of carbonyl (C=O) groups is 3. The number of aliphatic hydroxyl groups excluding tert-OH is 2. The van der Waals surface area contributed by atoms with E-state index in [0.29, 0.717) is 0 Å². The molecule has 7 unspecified atom stereocenters. The molecule has 0 radical (unpaired) electrons. The molecule has 7 rings (SSSR count). The van der Waals surface area contributed by atoms with Crippen molar-refractivity contribution >= 4 is 17.9 Å². The van der Waals surface area contributed by atoms with Gasteiger partial charge < -0.3 is 39.0 Å². The Bertz CT molecular complexity index is 1260. The summed E-state index contributed by atoms with van der Waals surface area (Å²) < 4.78 is 29.6. The Balaban J connectivity index is 1.50. The van der Waals surface area contributed by atoms with Crippen LogP contribution in [0.3, 0.4) is 0 Å². The fourth-order valence-electron chi connectivity index (χ4n) is 9.20. The normalized spacial score (nSPS) is 51.8. The van der Waals surface area contributed by atoms with Crippen molar-refractivity contribution < 1.29 is 53.4 Å². The maximum atomic E-state index is 13.8. The van der Waals surface area contributed by atoms with Crippen LogP contribution in [-0.2, 0) is 44.7 Å². The minimum atomic E-state index is -2.36. The average molecular weight is 531 g/mol. The Labute approximate surface area is 217 Å². The van der Waals surface area contributed by atoms with Crippen LogP contribution >= 0.6 is 0 Å². The quantitative estimate of drug-likeness (QED) is 0.352. The Morgan fingerprint density at radius 1 is 0.974 bits per heavy atom. The highest BCUT2D eigenvalue weighted by Gasteiger charge is 3.05. The lowest BCUT2D eigenvalue weighted by atomic mass is 9.51. The van der Waals surface area contributed by atoms with Crippen LogP contribution in [0.2, 0.25) is 0 Å². The van der Waals surface area contributed by atoms with E-state index >= 15 is 0 Å². The molecular formula is C27H30O11. The van der Waals surface area contributed by atoms with Crippen LogP contribution < -0.4 is 0 Å². The first-order chi connectivity index (χ1) is 17.8. The van der Waals surface area contributed by atoms with E-state index < -0.39 is 94.0 Å². The molecule has 0 bridgehead atoms. The molecule has 204 valence electrons. The third-order valence-corrected chi connectivity index (χ3v) is 10.2. The lowest BCUT2D eigenvalue weighted by Crippen LogP contribution is -2.67. The predicted molar refractivity (Wildman–Crippen MR) is 122 cm³/mol. The van der Waals surface area contributed by atoms with Crippen LogP contribution in [0.4, 0.5) is 0 Å². The Hall–Kier alpha value is -2.57. The highest BCUT2D eigenvalue weighted by molar-refractivity contribution is 5.94. The molecular weight excluding hydrogens is 500 g/mol. The number of benzene rings is 1. The number of aliphatic hydroxyl groups is 3. The highest BCUT2D eigenvalue weighted by Crippen LogP contribution is 2.84. The third-order valence-electron chi connectivity index (χ3n) is 10.2. The monoisotopic (exact) mass is 530 g/mol. The van der Waals surface area contributed by atoms with Crippen LogP contribution in [-0.4, -0.2) is 81.2 Å². The van der Waals surface area contributed by atoms with Crippen molar-refractivity contribution in [2.75, 3.05) is 0 Å². The molecule has 11 heteroatoms. The van der Waals surface area contributed by atoms with E-state index in [1.807, 2.05) is 51.1 Å². The first kappa shape index (κ1) is 24.5. The van der Waals surface area contributed by atoms with E-state index in [1.165, 1.54) is 6.92 Å². The molecule has 6 fully saturated rings. The van der Waals surface area contributed by atoms with Gasteiger partial charge in [0.25, 0.3) is 0 Å². The third kappa shape index (κ3) is 2.13. The smallest absolute Gasteiger partial charge is 0.343 e. The van der Waals surface area contributed by atoms with Gasteiger partial charge in [0.05, 0.1) is 29.5 Å². The fourth-order valence-corrected chi connectivity index (χ4v) is 9.20. The Morgan fingerprint density at radius 2 is 1.66 bits per heavy atom. The van der Waals surface area contributed by atoms with Crippen molar-refractivity contribution in [3.05, 3.63) is 35.9 Å². The van der Waals surface area contributed by atoms with Crippen LogP contribution in [0.25, 0.3) is 0 Å². The maximum absolute atomic E-state index is 13.8. The van der Waals surface area contributed by atoms with Crippen molar-refractivity contribution in [2.24, 2.45) is 28.1 Å². The van der Waals surface area contributed by atoms with Gasteiger partial charge >= 0.3 is 17.9 Å². The second-order valence-electron chi connectivity index (χ2n) is 12.6. The van der Waals surface area contributed by atoms with Crippen LogP contribution in [0.5, 0.6) is 0 Å². The molecule has 0 aromatic heterocycles. The number of hydrogen-bond acceptors (Lipinski definition) is 11. The molecule has 4 saturated heterocycles. The number of carbonyl (C=O) groups excluding carboxylic acids is 3. The minimum absolute atomic E-state index is 0.0141. The molecule has 3 N–H and O–H groups in total. The molecule has 1 aromatic rings. The molecule has 0 amide bonds. The van der Waals surface area contributed by atoms with Gasteiger partial charge in [-0.3, -0.25) is 4.79 Å². The van der Waals surface area contributed by atoms with E-state index in [9.17, 15) is 29.7 Å². The summed E-state index contributed by atoms with van der Waals surface area (Å²) >= 11 is 0. The van der Waals surface area contributed by atoms with E-state index in [4.69, 9.17) is 23.7 Å². The molecule has 1 aromatic carbocycles. The van der Waals surface area contributed by atoms with E-state index in [-0.39, 0.29) is 6.61 Å². The van der Waals surface area contributed by atoms with Crippen LogP contribution in [0.1, 0.15) is 33.3 Å². The zero-order chi connectivity index (χ0) is 27.2. The van der Waals surface area contributed by atoms with Crippen molar-refractivity contribution in [1.29, 1.82) is 0 Å². The van der Waals surface area contributed by atoms with Crippen molar-refractivity contribution in [1.82, 2.24) is 0 Å². The van der Waals surface area contributed by atoms with Gasteiger partial charge in [0.2, 0.25) is 11.9 Å². The summed E-state index contributed by atoms with van der Waals surface area (Å²) in [7, 11) is 0. The molecule has 6 aliphatic rings. The van der Waals surface area contributed by atoms with Gasteiger partial charge in [0, 0.05) is 5.92 Å². The van der Waals surface area contributed by atoms with Gasteiger partial charge in [-0.15, -0.1) is 0 Å². The van der Waals surface area contributed by atoms with Gasteiger partial charge in [-0.2, -0.15) is 0 Å². The molecule has 11 nitrogen and oxygen atoms in total. The molecule has 12 atom stereocenters. The number of rotatable bonds is 3. The second-order valence-corrected chi connectivity index (χ2v) is 12.6. The lowest BCUT2D eigenvalue weighted by molar-refractivity contribution is -0.240. The molecule has 2 spiro atoms. The van der Waals surface area contributed by atoms with Gasteiger partial charge in [-0.05, 0) is 17.9 Å². The summed E-state index contributed by atoms with van der Waals surface area (Å²) in [6.07, 6.45) is -8.97. The van der Waals surface area contributed by atoms with E-state index in [2.05, 4.69) is 0 Å². The van der Waals surface area contributed by atoms with Gasteiger partial charge in [0.1, 0.15) is 12.2 Å². The zero-order valence-electron chi connectivity index (χ0n) is 21.3. The first-order valence-corrected chi connectivity index (χ1v) is 12.9. The fraction of sp³-hybridized carbons (Fsp3) is 0.667. The molecule has 2 saturated carbocycles. The summed E-state index contributed by atoms with van der Waals surface area (Å²) in [6.45, 7) is 6.92. The van der Waals surface area contributed by atoms with Crippen molar-refractivity contribution in [3.63, 3.8) is 0 Å². The SMILES string of the molecule is C[C@@H]1C(=O)OC2[C@H](O)C34C5OC(=O)C3(OC3OC(=O)[C@H](OCc6ccccc6)C34C(C(C)(C)C)[C@H]5O)[C@]21O. The lowest BCUT2D eigenvalue weighted by Gasteiger charge is -2.48. The summed E-state index contributed by atoms with van der Waals surface area (Å²) in [5.41, 5.74) is -8.32. The molecule has 38 heavy (non-hydrogen) atoms. The number of fused-ring (bicyclic) bond motifs is 1. The molecule has 4 heterocycles. The molecule has 4 aliphatic heterocycles. The summed E-state index contributed by atoms with van der Waals surface area (Å²) in [4.78, 5) is 40.0. The zero-order valence-corrected chi connectivity index (χ0v) is 21.3. The minimum Gasteiger partial charge on any atom is -0.456 e. The van der Waals surface area contributed by atoms with Crippen molar-refractivity contribution in [2.45, 2.75) is 82.3 Å². The number of ether oxygens (including phenoxy) is 5. The average Bonchev–Trinajstić information content (AvgIpc) is 3.55. The Kier molecular flexibility index (Phi) is 4.47. The van der Waals surface area contributed by atoms with Crippen molar-refractivity contribution in [3.8, 4) is 0 Å². The number of hydrogen-bond donors (Lipinski definition) is 3. The Morgan fingerprint density at radius 3 is 2.32 bits per heavy atom. The highest BCUT2D eigenvalue weighted by atomic mass is 16.8. The largest absolute Gasteiger partial charge is 0.456 e. The maximum Gasteiger partial charge on any atom is 0.343 e.